The molecule has 3 N–H and O–H groups in total. The molecule has 0 radical (unpaired) electrons. The molecule has 0 bridgehead atoms. The Hall–Kier alpha value is -2.60. The first kappa shape index (κ1) is 16.8. The summed E-state index contributed by atoms with van der Waals surface area (Å²) >= 11 is 4.71. The predicted octanol–water partition coefficient (Wildman–Crippen LogP) is 2.75. The Morgan fingerprint density at radius 1 is 1.26 bits per heavy atom. The van der Waals surface area contributed by atoms with Gasteiger partial charge in [0.05, 0.1) is 13.3 Å². The monoisotopic (exact) mass is 329 g/mol. The maximum Gasteiger partial charge on any atom is 0.184 e. The number of benzene rings is 2. The van der Waals surface area contributed by atoms with Gasteiger partial charge in [0.2, 0.25) is 0 Å². The highest BCUT2D eigenvalue weighted by molar-refractivity contribution is 7.80. The van der Waals surface area contributed by atoms with Crippen molar-refractivity contribution in [3.05, 3.63) is 59.2 Å². The Morgan fingerprint density at radius 2 is 2.00 bits per heavy atom. The van der Waals surface area contributed by atoms with E-state index in [9.17, 15) is 0 Å². The Labute approximate surface area is 141 Å². The second-order valence-electron chi connectivity index (χ2n) is 4.89. The van der Waals surface area contributed by atoms with Crippen LogP contribution in [0.25, 0.3) is 0 Å². The smallest absolute Gasteiger partial charge is 0.184 e. The average Bonchev–Trinajstić information content (AvgIpc) is 2.54. The first-order chi connectivity index (χ1) is 11.1. The summed E-state index contributed by atoms with van der Waals surface area (Å²) in [5, 5.41) is 4.07. The third kappa shape index (κ3) is 4.96. The molecule has 23 heavy (non-hydrogen) atoms. The molecule has 0 saturated heterocycles. The van der Waals surface area contributed by atoms with Crippen LogP contribution < -0.4 is 20.6 Å². The van der Waals surface area contributed by atoms with Crippen LogP contribution in [-0.2, 0) is 6.61 Å². The van der Waals surface area contributed by atoms with Crippen molar-refractivity contribution in [1.29, 1.82) is 0 Å². The first-order valence-corrected chi connectivity index (χ1v) is 7.45. The maximum absolute atomic E-state index is 5.93. The third-order valence-corrected chi connectivity index (χ3v) is 3.20. The van der Waals surface area contributed by atoms with E-state index < -0.39 is 0 Å². The van der Waals surface area contributed by atoms with Crippen molar-refractivity contribution in [2.45, 2.75) is 13.5 Å². The summed E-state index contributed by atoms with van der Waals surface area (Å²) < 4.78 is 11.3. The van der Waals surface area contributed by atoms with Crippen molar-refractivity contribution < 1.29 is 9.47 Å². The van der Waals surface area contributed by atoms with E-state index in [4.69, 9.17) is 27.4 Å². The zero-order valence-corrected chi connectivity index (χ0v) is 13.9. The molecule has 2 aromatic rings. The molecule has 0 saturated carbocycles. The van der Waals surface area contributed by atoms with E-state index in [0.29, 0.717) is 18.1 Å². The fourth-order valence-corrected chi connectivity index (χ4v) is 2.01. The number of para-hydroxylation sites is 1. The van der Waals surface area contributed by atoms with Crippen molar-refractivity contribution in [2.24, 2.45) is 10.8 Å². The minimum absolute atomic E-state index is 0.103. The Bertz CT molecular complexity index is 699. The van der Waals surface area contributed by atoms with Crippen LogP contribution in [0.15, 0.2) is 47.6 Å². The fraction of sp³-hybridized carbons (Fsp3) is 0.176. The van der Waals surface area contributed by atoms with Crippen molar-refractivity contribution in [3.63, 3.8) is 0 Å². The van der Waals surface area contributed by atoms with Crippen LogP contribution in [-0.4, -0.2) is 18.4 Å². The van der Waals surface area contributed by atoms with Gasteiger partial charge < -0.3 is 15.2 Å². The predicted molar refractivity (Wildman–Crippen MR) is 96.0 cm³/mol. The standard InChI is InChI=1S/C17H19N3O2S/c1-12-6-8-13(9-7-12)11-22-16-14(10-19-20-17(18)23)4-3-5-15(16)21-2/h3-10H,11H2,1-2H3,(H3,18,20,23)/b19-10-. The largest absolute Gasteiger partial charge is 0.493 e. The molecule has 0 amide bonds. The summed E-state index contributed by atoms with van der Waals surface area (Å²) in [4.78, 5) is 0. The quantitative estimate of drug-likeness (QED) is 0.484. The van der Waals surface area contributed by atoms with Crippen molar-refractivity contribution >= 4 is 23.5 Å². The van der Waals surface area contributed by atoms with Crippen LogP contribution in [0.1, 0.15) is 16.7 Å². The van der Waals surface area contributed by atoms with E-state index in [1.807, 2.05) is 37.3 Å². The van der Waals surface area contributed by atoms with Gasteiger partial charge >= 0.3 is 0 Å². The van der Waals surface area contributed by atoms with E-state index in [0.717, 1.165) is 11.1 Å². The van der Waals surface area contributed by atoms with Crippen LogP contribution in [0, 0.1) is 6.92 Å². The lowest BCUT2D eigenvalue weighted by atomic mass is 10.1. The Balaban J connectivity index is 2.19. The highest BCUT2D eigenvalue weighted by atomic mass is 32.1. The molecule has 0 spiro atoms. The number of methoxy groups -OCH3 is 1. The van der Waals surface area contributed by atoms with Crippen molar-refractivity contribution in [2.75, 3.05) is 7.11 Å². The Kier molecular flexibility index (Phi) is 5.94. The van der Waals surface area contributed by atoms with E-state index in [-0.39, 0.29) is 5.11 Å². The lowest BCUT2D eigenvalue weighted by Gasteiger charge is -2.13. The molecule has 0 unspecified atom stereocenters. The molecule has 2 rings (SSSR count). The summed E-state index contributed by atoms with van der Waals surface area (Å²) in [5.41, 5.74) is 10.9. The fourth-order valence-electron chi connectivity index (χ4n) is 1.95. The van der Waals surface area contributed by atoms with Crippen molar-refractivity contribution in [3.8, 4) is 11.5 Å². The molecule has 0 aliphatic heterocycles. The highest BCUT2D eigenvalue weighted by Crippen LogP contribution is 2.30. The van der Waals surface area contributed by atoms with Gasteiger partial charge in [-0.1, -0.05) is 35.9 Å². The van der Waals surface area contributed by atoms with Gasteiger partial charge in [-0.25, -0.2) is 0 Å². The second-order valence-corrected chi connectivity index (χ2v) is 5.33. The molecule has 6 heteroatoms. The summed E-state index contributed by atoms with van der Waals surface area (Å²) in [7, 11) is 1.60. The van der Waals surface area contributed by atoms with Gasteiger partial charge in [0.1, 0.15) is 6.61 Å². The van der Waals surface area contributed by atoms with Crippen LogP contribution in [0.5, 0.6) is 11.5 Å². The zero-order chi connectivity index (χ0) is 16.7. The van der Waals surface area contributed by atoms with E-state index in [1.54, 1.807) is 13.3 Å². The number of hydrogen-bond donors (Lipinski definition) is 2. The highest BCUT2D eigenvalue weighted by Gasteiger charge is 2.09. The first-order valence-electron chi connectivity index (χ1n) is 7.04. The van der Waals surface area contributed by atoms with E-state index in [2.05, 4.69) is 22.7 Å². The van der Waals surface area contributed by atoms with Gasteiger partial charge in [-0.05, 0) is 36.8 Å². The number of thiocarbonyl (C=S) groups is 1. The van der Waals surface area contributed by atoms with Crippen molar-refractivity contribution in [1.82, 2.24) is 5.43 Å². The lowest BCUT2D eigenvalue weighted by molar-refractivity contribution is 0.284. The molecule has 5 nitrogen and oxygen atoms in total. The summed E-state index contributed by atoms with van der Waals surface area (Å²) in [6.07, 6.45) is 1.59. The minimum atomic E-state index is 0.103. The number of nitrogens with two attached hydrogens (primary N) is 1. The molecular weight excluding hydrogens is 310 g/mol. The number of ether oxygens (including phenoxy) is 2. The van der Waals surface area contributed by atoms with Gasteiger partial charge in [0.15, 0.2) is 16.6 Å². The number of hydrogen-bond acceptors (Lipinski definition) is 4. The Morgan fingerprint density at radius 3 is 2.65 bits per heavy atom. The number of nitrogens with one attached hydrogen (secondary N) is 1. The summed E-state index contributed by atoms with van der Waals surface area (Å²) in [6.45, 7) is 2.48. The zero-order valence-electron chi connectivity index (χ0n) is 13.1. The van der Waals surface area contributed by atoms with Gasteiger partial charge in [-0.3, -0.25) is 5.43 Å². The SMILES string of the molecule is COc1cccc(/C=N\NC(N)=S)c1OCc1ccc(C)cc1. The molecule has 0 aliphatic rings. The molecule has 0 fully saturated rings. The topological polar surface area (TPSA) is 68.9 Å². The normalized spacial score (nSPS) is 10.5. The maximum atomic E-state index is 5.93. The van der Waals surface area contributed by atoms with Gasteiger partial charge in [-0.2, -0.15) is 5.10 Å². The van der Waals surface area contributed by atoms with Gasteiger partial charge in [0, 0.05) is 5.56 Å². The third-order valence-electron chi connectivity index (χ3n) is 3.11. The molecule has 0 heterocycles. The summed E-state index contributed by atoms with van der Waals surface area (Å²) in [6, 6.07) is 13.7. The number of aryl methyl sites for hydroxylation is 1. The van der Waals surface area contributed by atoms with Crippen LogP contribution >= 0.6 is 12.2 Å². The molecule has 2 aromatic carbocycles. The number of nitrogens with zero attached hydrogens (tertiary/aromatic N) is 1. The van der Waals surface area contributed by atoms with Gasteiger partial charge in [-0.15, -0.1) is 0 Å². The van der Waals surface area contributed by atoms with Crippen LogP contribution in [0.3, 0.4) is 0 Å². The average molecular weight is 329 g/mol. The van der Waals surface area contributed by atoms with Crippen LogP contribution in [0.4, 0.5) is 0 Å². The molecule has 0 aliphatic carbocycles. The summed E-state index contributed by atoms with van der Waals surface area (Å²) in [5.74, 6) is 1.25. The molecule has 0 aromatic heterocycles. The lowest BCUT2D eigenvalue weighted by Crippen LogP contribution is -2.24. The molecular formula is C17H19N3O2S. The number of rotatable bonds is 6. The second kappa shape index (κ2) is 8.14. The van der Waals surface area contributed by atoms with Crippen LogP contribution in [0.2, 0.25) is 0 Å². The molecule has 0 atom stereocenters. The minimum Gasteiger partial charge on any atom is -0.493 e. The molecule has 120 valence electrons. The van der Waals surface area contributed by atoms with E-state index >= 15 is 0 Å². The van der Waals surface area contributed by atoms with Gasteiger partial charge in [0.25, 0.3) is 0 Å². The van der Waals surface area contributed by atoms with E-state index in [1.165, 1.54) is 5.56 Å². The number of hydrazone groups is 1.